The number of hydrogen-bond acceptors (Lipinski definition) is 4. The molecule has 5 heteroatoms. The highest BCUT2D eigenvalue weighted by molar-refractivity contribution is 5.96. The minimum Gasteiger partial charge on any atom is -0.467 e. The van der Waals surface area contributed by atoms with Crippen LogP contribution in [0, 0.1) is 0 Å². The maximum Gasteiger partial charge on any atom is 0.330 e. The molecule has 0 unspecified atom stereocenters. The lowest BCUT2D eigenvalue weighted by molar-refractivity contribution is -0.146. The van der Waals surface area contributed by atoms with Crippen LogP contribution in [0.2, 0.25) is 0 Å². The lowest BCUT2D eigenvalue weighted by Gasteiger charge is -2.22. The maximum absolute atomic E-state index is 11.7. The van der Waals surface area contributed by atoms with Gasteiger partial charge in [0, 0.05) is 6.20 Å². The molecule has 0 aromatic carbocycles. The smallest absolute Gasteiger partial charge is 0.330 e. The molecule has 0 aliphatic rings. The van der Waals surface area contributed by atoms with Crippen molar-refractivity contribution in [2.45, 2.75) is 19.4 Å². The molecule has 0 aliphatic carbocycles. The first-order chi connectivity index (χ1) is 7.47. The first-order valence-electron chi connectivity index (χ1n) is 4.79. The van der Waals surface area contributed by atoms with E-state index in [4.69, 9.17) is 0 Å². The second-order valence-corrected chi connectivity index (χ2v) is 3.79. The molecule has 0 saturated heterocycles. The van der Waals surface area contributed by atoms with Crippen LogP contribution in [-0.4, -0.2) is 29.5 Å². The van der Waals surface area contributed by atoms with Crippen LogP contribution in [-0.2, 0) is 9.53 Å². The Morgan fingerprint density at radius 1 is 1.38 bits per heavy atom. The quantitative estimate of drug-likeness (QED) is 0.767. The van der Waals surface area contributed by atoms with Gasteiger partial charge in [-0.25, -0.2) is 4.79 Å². The van der Waals surface area contributed by atoms with Crippen molar-refractivity contribution in [3.8, 4) is 0 Å². The zero-order valence-electron chi connectivity index (χ0n) is 9.48. The van der Waals surface area contributed by atoms with Crippen molar-refractivity contribution in [1.29, 1.82) is 0 Å². The van der Waals surface area contributed by atoms with E-state index in [0.717, 1.165) is 0 Å². The van der Waals surface area contributed by atoms with Crippen molar-refractivity contribution >= 4 is 11.9 Å². The number of aromatic nitrogens is 1. The Balaban J connectivity index is 2.76. The Morgan fingerprint density at radius 3 is 2.56 bits per heavy atom. The number of rotatable bonds is 3. The standard InChI is InChI=1S/C11H14N2O3/c1-11(2,10(15)16-3)13-9(14)8-6-4-5-7-12-8/h4-7H,1-3H3,(H,13,14). The van der Waals surface area contributed by atoms with Crippen molar-refractivity contribution in [2.24, 2.45) is 0 Å². The van der Waals surface area contributed by atoms with E-state index in [2.05, 4.69) is 15.0 Å². The van der Waals surface area contributed by atoms with Crippen molar-refractivity contribution in [3.05, 3.63) is 30.1 Å². The fraction of sp³-hybridized carbons (Fsp3) is 0.364. The Kier molecular flexibility index (Phi) is 3.60. The monoisotopic (exact) mass is 222 g/mol. The number of methoxy groups -OCH3 is 1. The Bertz CT molecular complexity index is 387. The Hall–Kier alpha value is -1.91. The number of nitrogens with one attached hydrogen (secondary N) is 1. The molecule has 1 amide bonds. The molecule has 86 valence electrons. The van der Waals surface area contributed by atoms with Gasteiger partial charge in [-0.3, -0.25) is 9.78 Å². The largest absolute Gasteiger partial charge is 0.467 e. The van der Waals surface area contributed by atoms with E-state index in [1.165, 1.54) is 13.3 Å². The molecule has 0 bridgehead atoms. The molecule has 0 aliphatic heterocycles. The molecule has 0 saturated carbocycles. The summed E-state index contributed by atoms with van der Waals surface area (Å²) in [4.78, 5) is 26.9. The van der Waals surface area contributed by atoms with E-state index < -0.39 is 17.4 Å². The molecular formula is C11H14N2O3. The summed E-state index contributed by atoms with van der Waals surface area (Å²) in [6.45, 7) is 3.14. The van der Waals surface area contributed by atoms with Crippen molar-refractivity contribution in [1.82, 2.24) is 10.3 Å². The van der Waals surface area contributed by atoms with E-state index in [1.807, 2.05) is 0 Å². The number of carbonyl (C=O) groups excluding carboxylic acids is 2. The highest BCUT2D eigenvalue weighted by atomic mass is 16.5. The third-order valence-electron chi connectivity index (χ3n) is 2.02. The minimum absolute atomic E-state index is 0.263. The summed E-state index contributed by atoms with van der Waals surface area (Å²) in [6.07, 6.45) is 1.51. The first kappa shape index (κ1) is 12.2. The maximum atomic E-state index is 11.7. The molecule has 0 spiro atoms. The van der Waals surface area contributed by atoms with Gasteiger partial charge >= 0.3 is 5.97 Å². The van der Waals surface area contributed by atoms with Gasteiger partial charge in [0.2, 0.25) is 0 Å². The van der Waals surface area contributed by atoms with Gasteiger partial charge in [-0.1, -0.05) is 6.07 Å². The Labute approximate surface area is 93.8 Å². The van der Waals surface area contributed by atoms with E-state index >= 15 is 0 Å². The lowest BCUT2D eigenvalue weighted by atomic mass is 10.1. The van der Waals surface area contributed by atoms with Crippen LogP contribution in [0.5, 0.6) is 0 Å². The van der Waals surface area contributed by atoms with Gasteiger partial charge in [0.25, 0.3) is 5.91 Å². The van der Waals surface area contributed by atoms with Gasteiger partial charge in [-0.15, -0.1) is 0 Å². The zero-order chi connectivity index (χ0) is 12.2. The molecule has 0 atom stereocenters. The zero-order valence-corrected chi connectivity index (χ0v) is 9.48. The molecule has 1 heterocycles. The molecule has 1 aromatic heterocycles. The summed E-state index contributed by atoms with van der Waals surface area (Å²) in [7, 11) is 1.27. The molecule has 0 fully saturated rings. The second kappa shape index (κ2) is 4.74. The third-order valence-corrected chi connectivity index (χ3v) is 2.02. The van der Waals surface area contributed by atoms with E-state index in [-0.39, 0.29) is 5.69 Å². The average Bonchev–Trinajstić information content (AvgIpc) is 2.28. The van der Waals surface area contributed by atoms with E-state index in [0.29, 0.717) is 0 Å². The number of ether oxygens (including phenoxy) is 1. The topological polar surface area (TPSA) is 68.3 Å². The fourth-order valence-corrected chi connectivity index (χ4v) is 1.15. The fourth-order valence-electron chi connectivity index (χ4n) is 1.15. The summed E-state index contributed by atoms with van der Waals surface area (Å²) >= 11 is 0. The summed E-state index contributed by atoms with van der Waals surface area (Å²) < 4.78 is 4.58. The van der Waals surface area contributed by atoms with Gasteiger partial charge in [-0.2, -0.15) is 0 Å². The van der Waals surface area contributed by atoms with Crippen molar-refractivity contribution < 1.29 is 14.3 Å². The van der Waals surface area contributed by atoms with Crippen molar-refractivity contribution in [3.63, 3.8) is 0 Å². The number of nitrogens with zero attached hydrogens (tertiary/aromatic N) is 1. The third kappa shape index (κ3) is 2.79. The van der Waals surface area contributed by atoms with Gasteiger partial charge in [0.05, 0.1) is 7.11 Å². The predicted octanol–water partition coefficient (Wildman–Crippen LogP) is 0.763. The number of amides is 1. The summed E-state index contributed by atoms with van der Waals surface area (Å²) in [5, 5.41) is 2.55. The molecular weight excluding hydrogens is 208 g/mol. The van der Waals surface area contributed by atoms with Crippen LogP contribution in [0.4, 0.5) is 0 Å². The van der Waals surface area contributed by atoms with Crippen LogP contribution < -0.4 is 5.32 Å². The molecule has 1 aromatic rings. The molecule has 1 rings (SSSR count). The van der Waals surface area contributed by atoms with Crippen molar-refractivity contribution in [2.75, 3.05) is 7.11 Å². The Morgan fingerprint density at radius 2 is 2.06 bits per heavy atom. The van der Waals surface area contributed by atoms with E-state index in [1.54, 1.807) is 32.0 Å². The van der Waals surface area contributed by atoms with Crippen LogP contribution in [0.25, 0.3) is 0 Å². The predicted molar refractivity (Wildman–Crippen MR) is 57.8 cm³/mol. The summed E-state index contributed by atoms with van der Waals surface area (Å²) in [6, 6.07) is 4.98. The molecule has 5 nitrogen and oxygen atoms in total. The highest BCUT2D eigenvalue weighted by Crippen LogP contribution is 2.06. The van der Waals surface area contributed by atoms with Crippen LogP contribution in [0.1, 0.15) is 24.3 Å². The molecule has 1 N–H and O–H groups in total. The lowest BCUT2D eigenvalue weighted by Crippen LogP contribution is -2.50. The van der Waals surface area contributed by atoms with Crippen LogP contribution in [0.3, 0.4) is 0 Å². The minimum atomic E-state index is -1.07. The summed E-state index contributed by atoms with van der Waals surface area (Å²) in [5.41, 5.74) is -0.803. The average molecular weight is 222 g/mol. The van der Waals surface area contributed by atoms with E-state index in [9.17, 15) is 9.59 Å². The number of carbonyl (C=O) groups is 2. The number of pyridine rings is 1. The number of hydrogen-bond donors (Lipinski definition) is 1. The van der Waals surface area contributed by atoms with Gasteiger partial charge < -0.3 is 10.1 Å². The second-order valence-electron chi connectivity index (χ2n) is 3.79. The van der Waals surface area contributed by atoms with Gasteiger partial charge in [-0.05, 0) is 26.0 Å². The van der Waals surface area contributed by atoms with Gasteiger partial charge in [0.15, 0.2) is 0 Å². The van der Waals surface area contributed by atoms with Crippen LogP contribution >= 0.6 is 0 Å². The SMILES string of the molecule is COC(=O)C(C)(C)NC(=O)c1ccccn1. The summed E-state index contributed by atoms with van der Waals surface area (Å²) in [5.74, 6) is -0.909. The molecule has 0 radical (unpaired) electrons. The molecule has 16 heavy (non-hydrogen) atoms. The normalized spacial score (nSPS) is 10.7. The van der Waals surface area contributed by atoms with Crippen LogP contribution in [0.15, 0.2) is 24.4 Å². The highest BCUT2D eigenvalue weighted by Gasteiger charge is 2.30. The first-order valence-corrected chi connectivity index (χ1v) is 4.79. The number of esters is 1. The van der Waals surface area contributed by atoms with Gasteiger partial charge in [0.1, 0.15) is 11.2 Å².